The first-order valence-electron chi connectivity index (χ1n) is 13.5. The Morgan fingerprint density at radius 2 is 1.83 bits per heavy atom. The molecule has 7 nitrogen and oxygen atoms in total. The van der Waals surface area contributed by atoms with Gasteiger partial charge in [-0.2, -0.15) is 18.3 Å². The zero-order valence-electron chi connectivity index (χ0n) is 21.9. The summed E-state index contributed by atoms with van der Waals surface area (Å²) in [6.07, 6.45) is -2.40. The number of nitrogens with two attached hydrogens (primary N) is 1. The van der Waals surface area contributed by atoms with Crippen molar-refractivity contribution in [2.24, 2.45) is 17.6 Å². The number of benzene rings is 1. The number of hydrogen-bond acceptors (Lipinski definition) is 4. The van der Waals surface area contributed by atoms with Gasteiger partial charge in [-0.05, 0) is 61.3 Å². The molecule has 0 aliphatic heterocycles. The Hall–Kier alpha value is -3.64. The molecule has 0 bridgehead atoms. The first-order chi connectivity index (χ1) is 19.3. The normalized spacial score (nSPS) is 19.2. The summed E-state index contributed by atoms with van der Waals surface area (Å²) in [6.45, 7) is 0. The van der Waals surface area contributed by atoms with Crippen LogP contribution in [0.4, 0.5) is 26.3 Å². The van der Waals surface area contributed by atoms with Gasteiger partial charge in [-0.25, -0.2) is 22.7 Å². The predicted molar refractivity (Wildman–Crippen MR) is 136 cm³/mol. The molecule has 0 spiro atoms. The number of aromatic nitrogens is 3. The van der Waals surface area contributed by atoms with Crippen LogP contribution in [-0.4, -0.2) is 38.5 Å². The smallest absolute Gasteiger partial charge is 0.366 e. The number of nitrogens with one attached hydrogen (secondary N) is 1. The van der Waals surface area contributed by atoms with E-state index < -0.39 is 60.4 Å². The summed E-state index contributed by atoms with van der Waals surface area (Å²) in [4.78, 5) is 29.2. The molecule has 2 amide bonds. The van der Waals surface area contributed by atoms with E-state index in [0.717, 1.165) is 12.8 Å². The van der Waals surface area contributed by atoms with E-state index in [1.165, 1.54) is 28.9 Å². The second kappa shape index (κ2) is 11.0. The molecule has 41 heavy (non-hydrogen) atoms. The summed E-state index contributed by atoms with van der Waals surface area (Å²) in [5.74, 6) is -6.40. The van der Waals surface area contributed by atoms with Crippen molar-refractivity contribution >= 4 is 17.5 Å². The number of primary amides is 1. The van der Waals surface area contributed by atoms with Gasteiger partial charge in [0, 0.05) is 36.3 Å². The van der Waals surface area contributed by atoms with Crippen molar-refractivity contribution in [1.29, 1.82) is 0 Å². The van der Waals surface area contributed by atoms with Gasteiger partial charge in [0.2, 0.25) is 17.7 Å². The van der Waals surface area contributed by atoms with Crippen molar-refractivity contribution < 1.29 is 35.9 Å². The molecule has 3 N–H and O–H groups in total. The number of carbonyl (C=O) groups is 2. The maximum atomic E-state index is 15.3. The highest BCUT2D eigenvalue weighted by Crippen LogP contribution is 2.46. The van der Waals surface area contributed by atoms with E-state index in [9.17, 15) is 31.5 Å². The average Bonchev–Trinajstić information content (AvgIpc) is 3.65. The van der Waals surface area contributed by atoms with Crippen LogP contribution in [-0.2, 0) is 4.79 Å². The highest BCUT2D eigenvalue weighted by atomic mass is 19.4. The third-order valence-electron chi connectivity index (χ3n) is 7.95. The number of imidazole rings is 1. The fourth-order valence-corrected chi connectivity index (χ4v) is 5.72. The van der Waals surface area contributed by atoms with Gasteiger partial charge in [0.1, 0.15) is 5.82 Å². The van der Waals surface area contributed by atoms with E-state index in [1.807, 2.05) is 0 Å². The van der Waals surface area contributed by atoms with Gasteiger partial charge in [-0.1, -0.05) is 6.07 Å². The van der Waals surface area contributed by atoms with Crippen LogP contribution in [0.25, 0.3) is 5.65 Å². The van der Waals surface area contributed by atoms with E-state index in [1.54, 1.807) is 12.3 Å². The van der Waals surface area contributed by atoms with Gasteiger partial charge >= 0.3 is 6.18 Å². The zero-order chi connectivity index (χ0) is 29.5. The molecule has 0 saturated heterocycles. The minimum atomic E-state index is -4.45. The quantitative estimate of drug-likeness (QED) is 0.310. The summed E-state index contributed by atoms with van der Waals surface area (Å²) in [5, 5.41) is 7.05. The van der Waals surface area contributed by atoms with Crippen LogP contribution in [0.15, 0.2) is 36.7 Å². The summed E-state index contributed by atoms with van der Waals surface area (Å²) < 4.78 is 82.6. The predicted octanol–water partition coefficient (Wildman–Crippen LogP) is 5.83. The van der Waals surface area contributed by atoms with E-state index in [-0.39, 0.29) is 42.7 Å². The molecule has 2 aliphatic rings. The van der Waals surface area contributed by atoms with Gasteiger partial charge < -0.3 is 11.1 Å². The molecule has 2 heterocycles. The van der Waals surface area contributed by atoms with Gasteiger partial charge in [0.25, 0.3) is 0 Å². The number of fused-ring (bicyclic) bond motifs is 1. The monoisotopic (exact) mass is 581 g/mol. The minimum Gasteiger partial charge on any atom is -0.366 e. The molecular weight excluding hydrogens is 552 g/mol. The van der Waals surface area contributed by atoms with Crippen molar-refractivity contribution in [3.63, 3.8) is 0 Å². The molecule has 2 aliphatic carbocycles. The lowest BCUT2D eigenvalue weighted by Gasteiger charge is -2.34. The Morgan fingerprint density at radius 1 is 1.12 bits per heavy atom. The number of hydrogen-bond donors (Lipinski definition) is 2. The first-order valence-corrected chi connectivity index (χ1v) is 13.5. The van der Waals surface area contributed by atoms with Crippen LogP contribution in [0.5, 0.6) is 0 Å². The molecule has 2 fully saturated rings. The van der Waals surface area contributed by atoms with Crippen LogP contribution in [0.2, 0.25) is 0 Å². The topological polar surface area (TPSA) is 102 Å². The fraction of sp³-hybridized carbons (Fsp3) is 0.500. The van der Waals surface area contributed by atoms with Crippen molar-refractivity contribution in [2.45, 2.75) is 75.4 Å². The summed E-state index contributed by atoms with van der Waals surface area (Å²) in [6, 6.07) is 5.01. The lowest BCUT2D eigenvalue weighted by Crippen LogP contribution is -2.30. The molecule has 0 radical (unpaired) electrons. The van der Waals surface area contributed by atoms with E-state index in [2.05, 4.69) is 15.4 Å². The second-order valence-corrected chi connectivity index (χ2v) is 11.0. The SMILES string of the molecule is NC(=O)c1cccc(F)c1[C@@H](c1cn2ncc([C@H](NC(=O)CCC(F)(F)F)C3CC3)cc2n1)C1CCC(F)(F)CC1. The van der Waals surface area contributed by atoms with Crippen LogP contribution < -0.4 is 11.1 Å². The molecule has 2 atom stereocenters. The third-order valence-corrected chi connectivity index (χ3v) is 7.95. The highest BCUT2D eigenvalue weighted by Gasteiger charge is 2.41. The van der Waals surface area contributed by atoms with Crippen LogP contribution in [0.1, 0.15) is 90.5 Å². The molecule has 220 valence electrons. The number of carbonyl (C=O) groups excluding carboxylic acids is 2. The summed E-state index contributed by atoms with van der Waals surface area (Å²) in [5.41, 5.74) is 6.67. The van der Waals surface area contributed by atoms with E-state index in [0.29, 0.717) is 16.9 Å². The second-order valence-electron chi connectivity index (χ2n) is 11.0. The molecular formula is C28H29F6N5O2. The summed E-state index contributed by atoms with van der Waals surface area (Å²) in [7, 11) is 0. The van der Waals surface area contributed by atoms with Gasteiger partial charge in [-0.3, -0.25) is 9.59 Å². The maximum absolute atomic E-state index is 15.3. The zero-order valence-corrected chi connectivity index (χ0v) is 21.9. The minimum absolute atomic E-state index is 0.00775. The van der Waals surface area contributed by atoms with Crippen LogP contribution in [0, 0.1) is 17.7 Å². The molecule has 5 rings (SSSR count). The lowest BCUT2D eigenvalue weighted by atomic mass is 9.73. The average molecular weight is 582 g/mol. The van der Waals surface area contributed by atoms with Crippen molar-refractivity contribution in [2.75, 3.05) is 0 Å². The lowest BCUT2D eigenvalue weighted by molar-refractivity contribution is -0.144. The molecule has 1 aromatic carbocycles. The number of nitrogens with zero attached hydrogens (tertiary/aromatic N) is 3. The Bertz CT molecular complexity index is 1440. The standard InChI is InChI=1S/C28H29F6N5O2/c29-19-3-1-2-18(26(35)41)24(19)23(15-6-9-27(30,31)10-7-15)20-14-39-21(37-20)12-17(13-36-39)25(16-4-5-16)38-22(40)8-11-28(32,33)34/h1-3,12-16,23,25H,4-11H2,(H2,35,41)(H,38,40)/t23-,25-/m1/s1. The van der Waals surface area contributed by atoms with Crippen molar-refractivity contribution in [3.05, 3.63) is 64.9 Å². The van der Waals surface area contributed by atoms with Crippen molar-refractivity contribution in [3.8, 4) is 0 Å². The molecule has 2 aromatic heterocycles. The van der Waals surface area contributed by atoms with Gasteiger partial charge in [0.05, 0.1) is 30.6 Å². The maximum Gasteiger partial charge on any atom is 0.389 e. The van der Waals surface area contributed by atoms with Crippen LogP contribution in [0.3, 0.4) is 0 Å². The highest BCUT2D eigenvalue weighted by molar-refractivity contribution is 5.94. The van der Waals surface area contributed by atoms with Crippen molar-refractivity contribution in [1.82, 2.24) is 19.9 Å². The largest absolute Gasteiger partial charge is 0.389 e. The van der Waals surface area contributed by atoms with Crippen LogP contribution >= 0.6 is 0 Å². The number of rotatable bonds is 9. The molecule has 3 aromatic rings. The Balaban J connectivity index is 1.49. The Labute approximate surface area is 231 Å². The third kappa shape index (κ3) is 6.65. The first kappa shape index (κ1) is 28.9. The Kier molecular flexibility index (Phi) is 7.73. The Morgan fingerprint density at radius 3 is 2.46 bits per heavy atom. The van der Waals surface area contributed by atoms with E-state index >= 15 is 4.39 Å². The fourth-order valence-electron chi connectivity index (χ4n) is 5.72. The van der Waals surface area contributed by atoms with E-state index in [4.69, 9.17) is 5.73 Å². The van der Waals surface area contributed by atoms with Gasteiger partial charge in [-0.15, -0.1) is 0 Å². The molecule has 0 unspecified atom stereocenters. The molecule has 13 heteroatoms. The molecule has 2 saturated carbocycles. The number of alkyl halides is 5. The van der Waals surface area contributed by atoms with Gasteiger partial charge in [0.15, 0.2) is 5.65 Å². The summed E-state index contributed by atoms with van der Waals surface area (Å²) >= 11 is 0. The number of halogens is 6. The number of amides is 2.